The molecule has 2 N–H and O–H groups in total. The van der Waals surface area contributed by atoms with Crippen LogP contribution in [0.15, 0.2) is 18.2 Å². The average molecular weight is 229 g/mol. The average Bonchev–Trinajstić information content (AvgIpc) is 2.20. The summed E-state index contributed by atoms with van der Waals surface area (Å²) in [7, 11) is 1.52. The Labute approximate surface area is 94.4 Å². The maximum atomic E-state index is 12.6. The third kappa shape index (κ3) is 2.92. The van der Waals surface area contributed by atoms with Gasteiger partial charge in [0.2, 0.25) is 0 Å². The molecule has 0 aliphatic carbocycles. The summed E-state index contributed by atoms with van der Waals surface area (Å²) in [5, 5.41) is 0. The molecular formula is C12H17F2NO. The molecule has 0 bridgehead atoms. The van der Waals surface area contributed by atoms with Crippen molar-refractivity contribution in [1.29, 1.82) is 0 Å². The Hall–Kier alpha value is -1.16. The first kappa shape index (κ1) is 12.9. The van der Waals surface area contributed by atoms with Crippen molar-refractivity contribution in [3.8, 4) is 5.75 Å². The zero-order valence-electron chi connectivity index (χ0n) is 9.76. The van der Waals surface area contributed by atoms with E-state index in [1.165, 1.54) is 14.0 Å². The fraction of sp³-hybridized carbons (Fsp3) is 0.500. The van der Waals surface area contributed by atoms with Gasteiger partial charge in [-0.15, -0.1) is 0 Å². The van der Waals surface area contributed by atoms with Crippen LogP contribution in [0, 0.1) is 6.92 Å². The lowest BCUT2D eigenvalue weighted by Crippen LogP contribution is -2.45. The van der Waals surface area contributed by atoms with Gasteiger partial charge >= 0.3 is 0 Å². The summed E-state index contributed by atoms with van der Waals surface area (Å²) in [5.74, 6) is 0.609. The number of halogens is 2. The predicted octanol–water partition coefficient (Wildman–Crippen LogP) is 2.53. The van der Waals surface area contributed by atoms with Crippen LogP contribution in [0.1, 0.15) is 18.1 Å². The number of methoxy groups -OCH3 is 1. The van der Waals surface area contributed by atoms with Crippen molar-refractivity contribution in [3.63, 3.8) is 0 Å². The van der Waals surface area contributed by atoms with Gasteiger partial charge in [0.25, 0.3) is 6.43 Å². The van der Waals surface area contributed by atoms with E-state index in [2.05, 4.69) is 0 Å². The molecule has 16 heavy (non-hydrogen) atoms. The molecule has 1 aromatic carbocycles. The first-order valence-corrected chi connectivity index (χ1v) is 5.07. The van der Waals surface area contributed by atoms with E-state index >= 15 is 0 Å². The van der Waals surface area contributed by atoms with Crippen molar-refractivity contribution in [3.05, 3.63) is 29.3 Å². The summed E-state index contributed by atoms with van der Waals surface area (Å²) in [6.45, 7) is 3.26. The van der Waals surface area contributed by atoms with Crippen LogP contribution in [0.25, 0.3) is 0 Å². The van der Waals surface area contributed by atoms with E-state index in [9.17, 15) is 8.78 Å². The molecule has 90 valence electrons. The van der Waals surface area contributed by atoms with Gasteiger partial charge in [0.05, 0.1) is 12.6 Å². The highest BCUT2D eigenvalue weighted by molar-refractivity contribution is 5.38. The second-order valence-corrected chi connectivity index (χ2v) is 4.30. The molecule has 1 rings (SSSR count). The molecular weight excluding hydrogens is 212 g/mol. The van der Waals surface area contributed by atoms with Crippen LogP contribution in [-0.4, -0.2) is 19.1 Å². The molecule has 0 aliphatic rings. The van der Waals surface area contributed by atoms with E-state index < -0.39 is 12.0 Å². The van der Waals surface area contributed by atoms with Crippen molar-refractivity contribution >= 4 is 0 Å². The van der Waals surface area contributed by atoms with Gasteiger partial charge in [-0.25, -0.2) is 8.78 Å². The third-order valence-corrected chi connectivity index (χ3v) is 2.51. The lowest BCUT2D eigenvalue weighted by Gasteiger charge is -2.24. The predicted molar refractivity (Wildman–Crippen MR) is 60.0 cm³/mol. The maximum Gasteiger partial charge on any atom is 0.256 e. The van der Waals surface area contributed by atoms with Crippen molar-refractivity contribution in [1.82, 2.24) is 0 Å². The summed E-state index contributed by atoms with van der Waals surface area (Å²) >= 11 is 0. The highest BCUT2D eigenvalue weighted by Gasteiger charge is 2.31. The van der Waals surface area contributed by atoms with Crippen LogP contribution < -0.4 is 10.5 Å². The minimum atomic E-state index is -2.56. The number of ether oxygens (including phenoxy) is 1. The smallest absolute Gasteiger partial charge is 0.256 e. The van der Waals surface area contributed by atoms with E-state index in [0.29, 0.717) is 11.3 Å². The maximum absolute atomic E-state index is 12.6. The van der Waals surface area contributed by atoms with E-state index in [4.69, 9.17) is 10.5 Å². The Morgan fingerprint density at radius 2 is 2.06 bits per heavy atom. The largest absolute Gasteiger partial charge is 0.496 e. The van der Waals surface area contributed by atoms with Gasteiger partial charge in [0, 0.05) is 0 Å². The standard InChI is InChI=1S/C12H17F2NO/c1-8-4-5-9(10(6-8)16-3)7-12(2,15)11(13)14/h4-6,11H,7,15H2,1-3H3. The fourth-order valence-electron chi connectivity index (χ4n) is 1.49. The molecule has 4 heteroatoms. The molecule has 0 fully saturated rings. The Morgan fingerprint density at radius 3 is 2.56 bits per heavy atom. The van der Waals surface area contributed by atoms with Gasteiger partial charge in [-0.2, -0.15) is 0 Å². The van der Waals surface area contributed by atoms with E-state index in [1.807, 2.05) is 19.1 Å². The monoisotopic (exact) mass is 229 g/mol. The van der Waals surface area contributed by atoms with E-state index in [-0.39, 0.29) is 6.42 Å². The van der Waals surface area contributed by atoms with Crippen molar-refractivity contribution in [2.75, 3.05) is 7.11 Å². The third-order valence-electron chi connectivity index (χ3n) is 2.51. The lowest BCUT2D eigenvalue weighted by molar-refractivity contribution is 0.0636. The molecule has 0 saturated carbocycles. The van der Waals surface area contributed by atoms with Gasteiger partial charge in [-0.3, -0.25) is 0 Å². The zero-order valence-corrected chi connectivity index (χ0v) is 9.76. The molecule has 1 unspecified atom stereocenters. The number of aryl methyl sites for hydroxylation is 1. The number of nitrogens with two attached hydrogens (primary N) is 1. The molecule has 2 nitrogen and oxygen atoms in total. The van der Waals surface area contributed by atoms with Crippen molar-refractivity contribution in [2.45, 2.75) is 32.2 Å². The molecule has 0 aromatic heterocycles. The SMILES string of the molecule is COc1cc(C)ccc1CC(C)(N)C(F)F. The fourth-order valence-corrected chi connectivity index (χ4v) is 1.49. The normalized spacial score (nSPS) is 14.9. The number of hydrogen-bond acceptors (Lipinski definition) is 2. The minimum Gasteiger partial charge on any atom is -0.496 e. The Morgan fingerprint density at radius 1 is 1.44 bits per heavy atom. The van der Waals surface area contributed by atoms with Crippen LogP contribution in [0.2, 0.25) is 0 Å². The number of benzene rings is 1. The van der Waals surface area contributed by atoms with Gasteiger partial charge in [-0.1, -0.05) is 12.1 Å². The second-order valence-electron chi connectivity index (χ2n) is 4.30. The highest BCUT2D eigenvalue weighted by atomic mass is 19.3. The summed E-state index contributed by atoms with van der Waals surface area (Å²) in [4.78, 5) is 0. The van der Waals surface area contributed by atoms with Crippen LogP contribution in [-0.2, 0) is 6.42 Å². The van der Waals surface area contributed by atoms with Crippen LogP contribution >= 0.6 is 0 Å². The van der Waals surface area contributed by atoms with Gasteiger partial charge in [-0.05, 0) is 37.5 Å². The number of hydrogen-bond donors (Lipinski definition) is 1. The summed E-state index contributed by atoms with van der Waals surface area (Å²) in [6, 6.07) is 5.46. The van der Waals surface area contributed by atoms with Crippen LogP contribution in [0.5, 0.6) is 5.75 Å². The van der Waals surface area contributed by atoms with Crippen molar-refractivity contribution in [2.24, 2.45) is 5.73 Å². The number of alkyl halides is 2. The summed E-state index contributed by atoms with van der Waals surface area (Å²) in [6.07, 6.45) is -2.47. The van der Waals surface area contributed by atoms with E-state index in [0.717, 1.165) is 5.56 Å². The lowest BCUT2D eigenvalue weighted by atomic mass is 9.93. The van der Waals surface area contributed by atoms with Gasteiger partial charge in [0.15, 0.2) is 0 Å². The molecule has 0 saturated heterocycles. The van der Waals surface area contributed by atoms with Gasteiger partial charge < -0.3 is 10.5 Å². The Bertz CT molecular complexity index is 364. The Balaban J connectivity index is 2.97. The minimum absolute atomic E-state index is 0.0914. The van der Waals surface area contributed by atoms with Crippen LogP contribution in [0.4, 0.5) is 8.78 Å². The molecule has 0 aliphatic heterocycles. The topological polar surface area (TPSA) is 35.2 Å². The zero-order chi connectivity index (χ0) is 12.3. The van der Waals surface area contributed by atoms with Crippen molar-refractivity contribution < 1.29 is 13.5 Å². The molecule has 1 atom stereocenters. The Kier molecular flexibility index (Phi) is 3.86. The van der Waals surface area contributed by atoms with E-state index in [1.54, 1.807) is 6.07 Å². The first-order chi connectivity index (χ1) is 7.36. The van der Waals surface area contributed by atoms with Crippen LogP contribution in [0.3, 0.4) is 0 Å². The summed E-state index contributed by atoms with van der Waals surface area (Å²) in [5.41, 5.74) is 5.75. The second kappa shape index (κ2) is 4.78. The van der Waals surface area contributed by atoms with Gasteiger partial charge in [0.1, 0.15) is 5.75 Å². The molecule has 0 amide bonds. The number of rotatable bonds is 4. The molecule has 1 aromatic rings. The summed E-state index contributed by atoms with van der Waals surface area (Å²) < 4.78 is 30.4. The first-order valence-electron chi connectivity index (χ1n) is 5.07. The quantitative estimate of drug-likeness (QED) is 0.861. The molecule has 0 radical (unpaired) electrons. The molecule has 0 heterocycles. The highest BCUT2D eigenvalue weighted by Crippen LogP contribution is 2.26. The molecule has 0 spiro atoms.